The maximum absolute atomic E-state index is 12.6. The van der Waals surface area contributed by atoms with Gasteiger partial charge in [0.25, 0.3) is 0 Å². The largest absolute Gasteiger partial charge is 0.501 e. The molecule has 13 heavy (non-hydrogen) atoms. The summed E-state index contributed by atoms with van der Waals surface area (Å²) < 4.78 is 17.7. The lowest BCUT2D eigenvalue weighted by molar-refractivity contribution is 0.295. The Hall–Kier alpha value is -1.31. The van der Waals surface area contributed by atoms with Gasteiger partial charge in [-0.15, -0.1) is 0 Å². The first-order valence-electron chi connectivity index (χ1n) is 4.12. The minimum absolute atomic E-state index is 0.216. The van der Waals surface area contributed by atoms with Crippen LogP contribution in [0, 0.1) is 5.82 Å². The third-order valence-electron chi connectivity index (χ3n) is 2.11. The summed E-state index contributed by atoms with van der Waals surface area (Å²) >= 11 is 0. The standard InChI is InChI=1S/C11H13FO/c1-8(9(2)13-3)10-4-6-11(12)7-5-10/h4-7H,1-3H3. The highest BCUT2D eigenvalue weighted by Crippen LogP contribution is 2.18. The Bertz CT molecular complexity index is 311. The van der Waals surface area contributed by atoms with Gasteiger partial charge in [0.15, 0.2) is 0 Å². The molecule has 2 heteroatoms. The Labute approximate surface area is 77.8 Å². The van der Waals surface area contributed by atoms with Crippen LogP contribution in [0.15, 0.2) is 30.0 Å². The lowest BCUT2D eigenvalue weighted by Gasteiger charge is -2.06. The van der Waals surface area contributed by atoms with Gasteiger partial charge in [0.1, 0.15) is 5.82 Å². The molecule has 1 aromatic rings. The van der Waals surface area contributed by atoms with Crippen LogP contribution in [-0.2, 0) is 4.74 Å². The molecular weight excluding hydrogens is 167 g/mol. The summed E-state index contributed by atoms with van der Waals surface area (Å²) in [6.45, 7) is 3.84. The first kappa shape index (κ1) is 9.78. The van der Waals surface area contributed by atoms with Gasteiger partial charge in [0, 0.05) is 0 Å². The van der Waals surface area contributed by atoms with Gasteiger partial charge in [-0.05, 0) is 37.1 Å². The number of rotatable bonds is 2. The number of benzene rings is 1. The van der Waals surface area contributed by atoms with Crippen molar-refractivity contribution in [2.24, 2.45) is 0 Å². The molecule has 0 saturated heterocycles. The zero-order chi connectivity index (χ0) is 9.84. The molecule has 0 aromatic heterocycles. The van der Waals surface area contributed by atoms with Crippen molar-refractivity contribution in [3.05, 3.63) is 41.4 Å². The summed E-state index contributed by atoms with van der Waals surface area (Å²) in [4.78, 5) is 0. The normalized spacial score (nSPS) is 12.3. The van der Waals surface area contributed by atoms with Crippen LogP contribution in [0.5, 0.6) is 0 Å². The molecule has 0 N–H and O–H groups in total. The zero-order valence-corrected chi connectivity index (χ0v) is 8.10. The Morgan fingerprint density at radius 3 is 2.15 bits per heavy atom. The number of halogens is 1. The maximum Gasteiger partial charge on any atom is 0.123 e. The Morgan fingerprint density at radius 2 is 1.69 bits per heavy atom. The second-order valence-electron chi connectivity index (χ2n) is 2.89. The van der Waals surface area contributed by atoms with E-state index in [-0.39, 0.29) is 5.82 Å². The van der Waals surface area contributed by atoms with Crippen LogP contribution in [0.4, 0.5) is 4.39 Å². The molecule has 0 aliphatic carbocycles. The molecule has 70 valence electrons. The van der Waals surface area contributed by atoms with E-state index in [1.165, 1.54) is 12.1 Å². The van der Waals surface area contributed by atoms with Crippen LogP contribution in [0.25, 0.3) is 5.57 Å². The highest BCUT2D eigenvalue weighted by atomic mass is 19.1. The molecule has 0 bridgehead atoms. The number of hydrogen-bond acceptors (Lipinski definition) is 1. The molecule has 0 spiro atoms. The molecule has 0 heterocycles. The van der Waals surface area contributed by atoms with Crippen LogP contribution in [0.3, 0.4) is 0 Å². The third kappa shape index (κ3) is 2.31. The Kier molecular flexibility index (Phi) is 3.07. The molecule has 1 aromatic carbocycles. The molecule has 1 nitrogen and oxygen atoms in total. The number of hydrogen-bond donors (Lipinski definition) is 0. The van der Waals surface area contributed by atoms with Crippen molar-refractivity contribution in [3.63, 3.8) is 0 Å². The van der Waals surface area contributed by atoms with Crippen LogP contribution in [0.2, 0.25) is 0 Å². The molecule has 0 amide bonds. The number of methoxy groups -OCH3 is 1. The van der Waals surface area contributed by atoms with Gasteiger partial charge < -0.3 is 4.74 Å². The predicted molar refractivity (Wildman–Crippen MR) is 51.7 cm³/mol. The van der Waals surface area contributed by atoms with Crippen molar-refractivity contribution in [1.82, 2.24) is 0 Å². The molecular formula is C11H13FO. The van der Waals surface area contributed by atoms with Crippen molar-refractivity contribution in [1.29, 1.82) is 0 Å². The van der Waals surface area contributed by atoms with E-state index in [9.17, 15) is 4.39 Å². The van der Waals surface area contributed by atoms with Crippen LogP contribution in [-0.4, -0.2) is 7.11 Å². The van der Waals surface area contributed by atoms with Gasteiger partial charge in [-0.1, -0.05) is 12.1 Å². The summed E-state index contributed by atoms with van der Waals surface area (Å²) in [5.41, 5.74) is 2.02. The van der Waals surface area contributed by atoms with Gasteiger partial charge in [-0.2, -0.15) is 0 Å². The zero-order valence-electron chi connectivity index (χ0n) is 8.10. The van der Waals surface area contributed by atoms with Crippen LogP contribution >= 0.6 is 0 Å². The average Bonchev–Trinajstić information content (AvgIpc) is 2.17. The topological polar surface area (TPSA) is 9.23 Å². The molecule has 0 aliphatic heterocycles. The number of ether oxygens (including phenoxy) is 1. The summed E-state index contributed by atoms with van der Waals surface area (Å²) in [7, 11) is 1.63. The van der Waals surface area contributed by atoms with Crippen molar-refractivity contribution < 1.29 is 9.13 Å². The van der Waals surface area contributed by atoms with Gasteiger partial charge in [0.2, 0.25) is 0 Å². The number of allylic oxidation sites excluding steroid dienone is 2. The van der Waals surface area contributed by atoms with E-state index >= 15 is 0 Å². The van der Waals surface area contributed by atoms with Gasteiger partial charge >= 0.3 is 0 Å². The van der Waals surface area contributed by atoms with Crippen molar-refractivity contribution in [2.75, 3.05) is 7.11 Å². The molecule has 0 fully saturated rings. The highest BCUT2D eigenvalue weighted by molar-refractivity contribution is 5.65. The lowest BCUT2D eigenvalue weighted by Crippen LogP contribution is -1.87. The molecule has 0 atom stereocenters. The SMILES string of the molecule is COC(C)=C(C)c1ccc(F)cc1. The fraction of sp³-hybridized carbons (Fsp3) is 0.273. The van der Waals surface area contributed by atoms with Crippen molar-refractivity contribution in [3.8, 4) is 0 Å². The quantitative estimate of drug-likeness (QED) is 0.635. The maximum atomic E-state index is 12.6. The predicted octanol–water partition coefficient (Wildman–Crippen LogP) is 3.22. The lowest BCUT2D eigenvalue weighted by atomic mass is 10.1. The van der Waals surface area contributed by atoms with E-state index in [0.29, 0.717) is 0 Å². The van der Waals surface area contributed by atoms with Gasteiger partial charge in [-0.3, -0.25) is 0 Å². The molecule has 0 unspecified atom stereocenters. The summed E-state index contributed by atoms with van der Waals surface area (Å²) in [5, 5.41) is 0. The van der Waals surface area contributed by atoms with E-state index in [0.717, 1.165) is 16.9 Å². The van der Waals surface area contributed by atoms with Crippen molar-refractivity contribution >= 4 is 5.57 Å². The molecule has 1 rings (SSSR count). The minimum atomic E-state index is -0.216. The van der Waals surface area contributed by atoms with Crippen LogP contribution in [0.1, 0.15) is 19.4 Å². The molecule has 0 radical (unpaired) electrons. The molecule has 0 saturated carbocycles. The van der Waals surface area contributed by atoms with E-state index in [4.69, 9.17) is 4.74 Å². The second-order valence-corrected chi connectivity index (χ2v) is 2.89. The fourth-order valence-electron chi connectivity index (χ4n) is 1.06. The van der Waals surface area contributed by atoms with E-state index < -0.39 is 0 Å². The average molecular weight is 180 g/mol. The van der Waals surface area contributed by atoms with Gasteiger partial charge in [-0.25, -0.2) is 4.39 Å². The van der Waals surface area contributed by atoms with Crippen LogP contribution < -0.4 is 0 Å². The van der Waals surface area contributed by atoms with E-state index in [2.05, 4.69) is 0 Å². The Morgan fingerprint density at radius 1 is 1.15 bits per heavy atom. The summed E-state index contributed by atoms with van der Waals surface area (Å²) in [6.07, 6.45) is 0. The first-order chi connectivity index (χ1) is 6.15. The summed E-state index contributed by atoms with van der Waals surface area (Å²) in [5.74, 6) is 0.637. The fourth-order valence-corrected chi connectivity index (χ4v) is 1.06. The highest BCUT2D eigenvalue weighted by Gasteiger charge is 2.00. The third-order valence-corrected chi connectivity index (χ3v) is 2.11. The van der Waals surface area contributed by atoms with Gasteiger partial charge in [0.05, 0.1) is 12.9 Å². The smallest absolute Gasteiger partial charge is 0.123 e. The second kappa shape index (κ2) is 4.08. The first-order valence-corrected chi connectivity index (χ1v) is 4.12. The minimum Gasteiger partial charge on any atom is -0.501 e. The monoisotopic (exact) mass is 180 g/mol. The van der Waals surface area contributed by atoms with Crippen molar-refractivity contribution in [2.45, 2.75) is 13.8 Å². The summed E-state index contributed by atoms with van der Waals surface area (Å²) in [6, 6.07) is 6.38. The van der Waals surface area contributed by atoms with E-state index in [1.807, 2.05) is 13.8 Å². The molecule has 0 aliphatic rings. The van der Waals surface area contributed by atoms with E-state index in [1.54, 1.807) is 19.2 Å². The Balaban J connectivity index is 3.02.